The van der Waals surface area contributed by atoms with Crippen LogP contribution in [0, 0.1) is 6.92 Å². The number of hydrogen-bond acceptors (Lipinski definition) is 6. The van der Waals surface area contributed by atoms with E-state index in [0.29, 0.717) is 18.1 Å². The number of nitrogens with zero attached hydrogens (tertiary/aromatic N) is 5. The van der Waals surface area contributed by atoms with E-state index in [9.17, 15) is 13.2 Å². The Morgan fingerprint density at radius 2 is 1.81 bits per heavy atom. The van der Waals surface area contributed by atoms with Crippen LogP contribution in [-0.2, 0) is 21.4 Å². The van der Waals surface area contributed by atoms with Gasteiger partial charge in [0, 0.05) is 23.8 Å². The molecule has 1 aliphatic rings. The molecule has 3 aromatic rings. The second-order valence-corrected chi connectivity index (χ2v) is 9.93. The Balaban J connectivity index is 1.38. The molecule has 0 aliphatic carbocycles. The van der Waals surface area contributed by atoms with Crippen LogP contribution >= 0.6 is 0 Å². The van der Waals surface area contributed by atoms with E-state index in [0.717, 1.165) is 30.4 Å². The number of benzene rings is 2. The number of tetrazole rings is 1. The van der Waals surface area contributed by atoms with Gasteiger partial charge in [0.15, 0.2) is 0 Å². The van der Waals surface area contributed by atoms with E-state index in [1.54, 1.807) is 16.4 Å². The zero-order valence-corrected chi connectivity index (χ0v) is 18.9. The SMILES string of the molecule is Cc1ccc(-c2nnn(CC(=O)Nc3ccc(S(=O)(=O)N4CCCCC4C)cc3)n2)cc1. The highest BCUT2D eigenvalue weighted by atomic mass is 32.2. The molecule has 1 fully saturated rings. The molecule has 1 unspecified atom stereocenters. The van der Waals surface area contributed by atoms with E-state index < -0.39 is 10.0 Å². The normalized spacial score (nSPS) is 17.2. The number of anilines is 1. The zero-order valence-electron chi connectivity index (χ0n) is 18.1. The Morgan fingerprint density at radius 1 is 1.09 bits per heavy atom. The number of piperidine rings is 1. The van der Waals surface area contributed by atoms with Crippen molar-refractivity contribution in [2.75, 3.05) is 11.9 Å². The fraction of sp³-hybridized carbons (Fsp3) is 0.364. The lowest BCUT2D eigenvalue weighted by Gasteiger charge is -2.32. The third-order valence-corrected chi connectivity index (χ3v) is 7.56. The third kappa shape index (κ3) is 4.86. The first kappa shape index (κ1) is 22.1. The Hall–Kier alpha value is -3.11. The van der Waals surface area contributed by atoms with Gasteiger partial charge in [0.1, 0.15) is 6.54 Å². The minimum Gasteiger partial charge on any atom is -0.324 e. The standard InChI is InChI=1S/C22H26N6O3S/c1-16-6-8-18(9-7-16)22-24-26-28(25-22)15-21(29)23-19-10-12-20(13-11-19)32(30,31)27-14-4-3-5-17(27)2/h6-13,17H,3-5,14-15H2,1-2H3,(H,23,29). The molecule has 9 nitrogen and oxygen atoms in total. The van der Waals surface area contributed by atoms with Gasteiger partial charge in [-0.3, -0.25) is 4.79 Å². The van der Waals surface area contributed by atoms with Crippen molar-refractivity contribution in [1.29, 1.82) is 0 Å². The summed E-state index contributed by atoms with van der Waals surface area (Å²) in [5.74, 6) is 0.109. The number of sulfonamides is 1. The minimum atomic E-state index is -3.54. The van der Waals surface area contributed by atoms with E-state index in [1.165, 1.54) is 16.9 Å². The summed E-state index contributed by atoms with van der Waals surface area (Å²) in [6.45, 7) is 4.37. The number of aryl methyl sites for hydroxylation is 1. The zero-order chi connectivity index (χ0) is 22.7. The van der Waals surface area contributed by atoms with Crippen molar-refractivity contribution in [2.24, 2.45) is 0 Å². The summed E-state index contributed by atoms with van der Waals surface area (Å²) in [4.78, 5) is 13.8. The number of amides is 1. The summed E-state index contributed by atoms with van der Waals surface area (Å²) >= 11 is 0. The Kier molecular flexibility index (Phi) is 6.33. The highest BCUT2D eigenvalue weighted by Crippen LogP contribution is 2.26. The number of hydrogen-bond donors (Lipinski definition) is 1. The highest BCUT2D eigenvalue weighted by molar-refractivity contribution is 7.89. The Bertz CT molecular complexity index is 1190. The maximum atomic E-state index is 12.9. The summed E-state index contributed by atoms with van der Waals surface area (Å²) in [5.41, 5.74) is 2.45. The van der Waals surface area contributed by atoms with Crippen molar-refractivity contribution in [3.8, 4) is 11.4 Å². The molecule has 1 amide bonds. The molecule has 1 N–H and O–H groups in total. The topological polar surface area (TPSA) is 110 Å². The van der Waals surface area contributed by atoms with E-state index in [4.69, 9.17) is 0 Å². The summed E-state index contributed by atoms with van der Waals surface area (Å²) in [6, 6.07) is 13.9. The van der Waals surface area contributed by atoms with Crippen molar-refractivity contribution in [2.45, 2.75) is 50.6 Å². The van der Waals surface area contributed by atoms with E-state index in [2.05, 4.69) is 20.7 Å². The molecule has 4 rings (SSSR count). The average Bonchev–Trinajstić information content (AvgIpc) is 3.23. The number of nitrogens with one attached hydrogen (secondary N) is 1. The second kappa shape index (κ2) is 9.17. The van der Waals surface area contributed by atoms with Crippen LogP contribution < -0.4 is 5.32 Å². The summed E-state index contributed by atoms with van der Waals surface area (Å²) in [6.07, 6.45) is 2.79. The molecule has 0 spiro atoms. The van der Waals surface area contributed by atoms with Crippen LogP contribution in [0.1, 0.15) is 31.7 Å². The predicted molar refractivity (Wildman–Crippen MR) is 120 cm³/mol. The van der Waals surface area contributed by atoms with E-state index >= 15 is 0 Å². The largest absolute Gasteiger partial charge is 0.324 e. The number of carbonyl (C=O) groups excluding carboxylic acids is 1. The molecule has 10 heteroatoms. The van der Waals surface area contributed by atoms with Crippen LogP contribution in [0.25, 0.3) is 11.4 Å². The molecule has 2 aromatic carbocycles. The van der Waals surface area contributed by atoms with Crippen LogP contribution in [0.2, 0.25) is 0 Å². The fourth-order valence-electron chi connectivity index (χ4n) is 3.73. The van der Waals surface area contributed by atoms with Gasteiger partial charge in [-0.25, -0.2) is 8.42 Å². The molecule has 1 atom stereocenters. The fourth-order valence-corrected chi connectivity index (χ4v) is 5.43. The van der Waals surface area contributed by atoms with Gasteiger partial charge in [-0.15, -0.1) is 10.2 Å². The Labute approximate surface area is 187 Å². The van der Waals surface area contributed by atoms with Gasteiger partial charge < -0.3 is 5.32 Å². The molecule has 1 saturated heterocycles. The lowest BCUT2D eigenvalue weighted by atomic mass is 10.1. The van der Waals surface area contributed by atoms with Crippen molar-refractivity contribution in [3.63, 3.8) is 0 Å². The van der Waals surface area contributed by atoms with E-state index in [-0.39, 0.29) is 23.4 Å². The van der Waals surface area contributed by atoms with Crippen molar-refractivity contribution in [3.05, 3.63) is 54.1 Å². The van der Waals surface area contributed by atoms with Gasteiger partial charge in [-0.1, -0.05) is 36.2 Å². The molecule has 1 aromatic heterocycles. The van der Waals surface area contributed by atoms with Gasteiger partial charge in [0.2, 0.25) is 21.8 Å². The van der Waals surface area contributed by atoms with Gasteiger partial charge in [0.05, 0.1) is 4.90 Å². The molecule has 32 heavy (non-hydrogen) atoms. The van der Waals surface area contributed by atoms with Gasteiger partial charge in [-0.2, -0.15) is 9.10 Å². The molecule has 0 bridgehead atoms. The number of rotatable bonds is 6. The lowest BCUT2D eigenvalue weighted by molar-refractivity contribution is -0.117. The van der Waals surface area contributed by atoms with E-state index in [1.807, 2.05) is 38.1 Å². The first-order valence-corrected chi connectivity index (χ1v) is 12.0. The smallest absolute Gasteiger partial charge is 0.248 e. The average molecular weight is 455 g/mol. The van der Waals surface area contributed by atoms with Crippen LogP contribution in [0.5, 0.6) is 0 Å². The molecule has 168 valence electrons. The quantitative estimate of drug-likeness (QED) is 0.613. The minimum absolute atomic E-state index is 0.00638. The van der Waals surface area contributed by atoms with Crippen LogP contribution in [0.15, 0.2) is 53.4 Å². The first-order valence-electron chi connectivity index (χ1n) is 10.6. The van der Waals surface area contributed by atoms with Gasteiger partial charge in [0.25, 0.3) is 0 Å². The molecule has 0 radical (unpaired) electrons. The van der Waals surface area contributed by atoms with Gasteiger partial charge >= 0.3 is 0 Å². The summed E-state index contributed by atoms with van der Waals surface area (Å²) in [5, 5.41) is 14.9. The summed E-state index contributed by atoms with van der Waals surface area (Å²) in [7, 11) is -3.54. The first-order chi connectivity index (χ1) is 15.3. The number of aromatic nitrogens is 4. The van der Waals surface area contributed by atoms with Crippen LogP contribution in [-0.4, -0.2) is 51.4 Å². The lowest BCUT2D eigenvalue weighted by Crippen LogP contribution is -2.41. The van der Waals surface area contributed by atoms with Crippen molar-refractivity contribution < 1.29 is 13.2 Å². The molecular formula is C22H26N6O3S. The van der Waals surface area contributed by atoms with Crippen molar-refractivity contribution >= 4 is 21.6 Å². The third-order valence-electron chi connectivity index (χ3n) is 5.53. The molecule has 0 saturated carbocycles. The maximum Gasteiger partial charge on any atom is 0.248 e. The molecular weight excluding hydrogens is 428 g/mol. The van der Waals surface area contributed by atoms with Crippen LogP contribution in [0.4, 0.5) is 5.69 Å². The molecule has 2 heterocycles. The van der Waals surface area contributed by atoms with Crippen molar-refractivity contribution in [1.82, 2.24) is 24.5 Å². The second-order valence-electron chi connectivity index (χ2n) is 8.04. The monoisotopic (exact) mass is 454 g/mol. The summed E-state index contributed by atoms with van der Waals surface area (Å²) < 4.78 is 27.4. The highest BCUT2D eigenvalue weighted by Gasteiger charge is 2.30. The molecule has 1 aliphatic heterocycles. The number of carbonyl (C=O) groups is 1. The Morgan fingerprint density at radius 3 is 2.50 bits per heavy atom. The van der Waals surface area contributed by atoms with Gasteiger partial charge in [-0.05, 0) is 56.2 Å². The van der Waals surface area contributed by atoms with Crippen LogP contribution in [0.3, 0.4) is 0 Å². The predicted octanol–water partition coefficient (Wildman–Crippen LogP) is 2.85. The maximum absolute atomic E-state index is 12.9.